The number of rotatable bonds is 47. The van der Waals surface area contributed by atoms with Gasteiger partial charge in [-0.2, -0.15) is 0 Å². The van der Waals surface area contributed by atoms with Crippen LogP contribution >= 0.6 is 0 Å². The minimum Gasteiger partial charge on any atom is -0.462 e. The Morgan fingerprint density at radius 2 is 0.607 bits per heavy atom. The first kappa shape index (κ1) is 58.4. The van der Waals surface area contributed by atoms with Crippen LogP contribution in [0.1, 0.15) is 265 Å². The monoisotopic (exact) mass is 855 g/mol. The maximum absolute atomic E-state index is 12.8. The number of hydrogen-bond acceptors (Lipinski definition) is 6. The first-order valence-corrected chi connectivity index (χ1v) is 26.1. The summed E-state index contributed by atoms with van der Waals surface area (Å²) in [6.07, 6.45) is 59.5. The zero-order chi connectivity index (χ0) is 44.4. The summed E-state index contributed by atoms with van der Waals surface area (Å²) in [5, 5.41) is 0. The van der Waals surface area contributed by atoms with Crippen LogP contribution in [-0.4, -0.2) is 37.2 Å². The number of esters is 3. The second kappa shape index (κ2) is 50.0. The van der Waals surface area contributed by atoms with E-state index in [4.69, 9.17) is 14.2 Å². The summed E-state index contributed by atoms with van der Waals surface area (Å²) >= 11 is 0. The molecule has 6 heteroatoms. The molecule has 0 radical (unpaired) electrons. The molecule has 0 aliphatic heterocycles. The van der Waals surface area contributed by atoms with E-state index in [1.807, 2.05) is 0 Å². The van der Waals surface area contributed by atoms with Crippen molar-refractivity contribution in [3.63, 3.8) is 0 Å². The third-order valence-corrected chi connectivity index (χ3v) is 11.3. The van der Waals surface area contributed by atoms with Crippen LogP contribution < -0.4 is 0 Å². The Hall–Kier alpha value is -2.63. The van der Waals surface area contributed by atoms with Crippen molar-refractivity contribution in [2.75, 3.05) is 13.2 Å². The van der Waals surface area contributed by atoms with E-state index < -0.39 is 6.10 Å². The predicted octanol–water partition coefficient (Wildman–Crippen LogP) is 17.1. The molecule has 0 aromatic heterocycles. The normalized spacial score (nSPS) is 11.9. The average Bonchev–Trinajstić information content (AvgIpc) is 3.26. The van der Waals surface area contributed by atoms with Gasteiger partial charge in [-0.25, -0.2) is 0 Å². The van der Waals surface area contributed by atoms with Gasteiger partial charge in [0.1, 0.15) is 13.2 Å². The molecule has 61 heavy (non-hydrogen) atoms. The lowest BCUT2D eigenvalue weighted by Gasteiger charge is -2.18. The summed E-state index contributed by atoms with van der Waals surface area (Å²) in [6, 6.07) is 0. The van der Waals surface area contributed by atoms with Crippen molar-refractivity contribution in [1.82, 2.24) is 0 Å². The lowest BCUT2D eigenvalue weighted by atomic mass is 10.0. The topological polar surface area (TPSA) is 78.9 Å². The van der Waals surface area contributed by atoms with Crippen molar-refractivity contribution in [2.45, 2.75) is 271 Å². The number of carbonyl (C=O) groups is 3. The van der Waals surface area contributed by atoms with Gasteiger partial charge < -0.3 is 14.2 Å². The van der Waals surface area contributed by atoms with Gasteiger partial charge in [0.25, 0.3) is 0 Å². The van der Waals surface area contributed by atoms with Gasteiger partial charge in [0, 0.05) is 19.3 Å². The molecule has 0 aromatic rings. The molecule has 0 heterocycles. The molecule has 0 spiro atoms. The average molecular weight is 855 g/mol. The standard InChI is InChI=1S/C55H98O6/c1-4-7-10-13-16-19-22-25-26-27-28-31-34-37-40-43-46-49-55(58)61-52(50-59-53(56)47-44-41-38-35-32-29-23-20-17-14-11-8-5-2)51-60-54(57)48-45-42-39-36-33-30-24-21-18-15-12-9-6-3/h16,19,25-26,28,31,37,40,52H,4-15,17-18,20-24,27,29-30,32-36,38-39,41-51H2,1-3H3/b19-16+,26-25+,31-28+,40-37+. The maximum atomic E-state index is 12.8. The minimum atomic E-state index is -0.796. The van der Waals surface area contributed by atoms with Gasteiger partial charge in [0.15, 0.2) is 6.10 Å². The third-order valence-electron chi connectivity index (χ3n) is 11.3. The molecule has 0 aromatic carbocycles. The molecular formula is C55H98O6. The Morgan fingerprint density at radius 1 is 0.328 bits per heavy atom. The molecular weight excluding hydrogens is 757 g/mol. The molecule has 354 valence electrons. The SMILES string of the molecule is CCCCC/C=C/C/C=C/C/C=C/C/C=C/CCCC(=O)OC(COC(=O)CCCCCCCCCCCCCCC)COC(=O)CCCCCCCCCCCCCCC. The summed E-state index contributed by atoms with van der Waals surface area (Å²) in [4.78, 5) is 37.9. The van der Waals surface area contributed by atoms with Crippen molar-refractivity contribution in [3.05, 3.63) is 48.6 Å². The van der Waals surface area contributed by atoms with Crippen LogP contribution in [0.15, 0.2) is 48.6 Å². The number of unbranched alkanes of at least 4 members (excludes halogenated alkanes) is 28. The Kier molecular flexibility index (Phi) is 47.9. The molecule has 0 rings (SSSR count). The van der Waals surface area contributed by atoms with E-state index in [0.29, 0.717) is 19.3 Å². The van der Waals surface area contributed by atoms with Crippen LogP contribution in [0.5, 0.6) is 0 Å². The number of carbonyl (C=O) groups excluding carboxylic acids is 3. The van der Waals surface area contributed by atoms with Gasteiger partial charge in [0.2, 0.25) is 0 Å². The Balaban J connectivity index is 4.45. The van der Waals surface area contributed by atoms with E-state index in [1.165, 1.54) is 154 Å². The van der Waals surface area contributed by atoms with Crippen LogP contribution in [0.2, 0.25) is 0 Å². The van der Waals surface area contributed by atoms with Crippen LogP contribution in [0.4, 0.5) is 0 Å². The van der Waals surface area contributed by atoms with Crippen molar-refractivity contribution >= 4 is 17.9 Å². The van der Waals surface area contributed by atoms with Crippen LogP contribution in [-0.2, 0) is 28.6 Å². The molecule has 0 aliphatic rings. The Morgan fingerprint density at radius 3 is 0.967 bits per heavy atom. The quantitative estimate of drug-likeness (QED) is 0.0263. The van der Waals surface area contributed by atoms with Gasteiger partial charge in [0.05, 0.1) is 0 Å². The summed E-state index contributed by atoms with van der Waals surface area (Å²) < 4.78 is 16.8. The zero-order valence-corrected chi connectivity index (χ0v) is 40.4. The molecule has 0 saturated heterocycles. The van der Waals surface area contributed by atoms with Gasteiger partial charge >= 0.3 is 17.9 Å². The van der Waals surface area contributed by atoms with Crippen molar-refractivity contribution < 1.29 is 28.6 Å². The zero-order valence-electron chi connectivity index (χ0n) is 40.4. The second-order valence-electron chi connectivity index (χ2n) is 17.4. The Labute approximate surface area is 378 Å². The van der Waals surface area contributed by atoms with Gasteiger partial charge in [-0.3, -0.25) is 14.4 Å². The highest BCUT2D eigenvalue weighted by molar-refractivity contribution is 5.71. The van der Waals surface area contributed by atoms with Crippen molar-refractivity contribution in [2.24, 2.45) is 0 Å². The van der Waals surface area contributed by atoms with E-state index in [9.17, 15) is 14.4 Å². The molecule has 0 atom stereocenters. The first-order valence-electron chi connectivity index (χ1n) is 26.1. The summed E-state index contributed by atoms with van der Waals surface area (Å²) in [7, 11) is 0. The van der Waals surface area contributed by atoms with Gasteiger partial charge in [-0.1, -0.05) is 236 Å². The molecule has 6 nitrogen and oxygen atoms in total. The highest BCUT2D eigenvalue weighted by atomic mass is 16.6. The van der Waals surface area contributed by atoms with E-state index in [0.717, 1.165) is 64.2 Å². The summed E-state index contributed by atoms with van der Waals surface area (Å²) in [6.45, 7) is 6.58. The smallest absolute Gasteiger partial charge is 0.306 e. The highest BCUT2D eigenvalue weighted by Gasteiger charge is 2.19. The molecule has 0 N–H and O–H groups in total. The molecule has 0 unspecified atom stereocenters. The first-order chi connectivity index (χ1) is 30.0. The number of hydrogen-bond donors (Lipinski definition) is 0. The molecule has 0 bridgehead atoms. The molecule has 0 aliphatic carbocycles. The van der Waals surface area contributed by atoms with E-state index in [2.05, 4.69) is 69.4 Å². The fourth-order valence-corrected chi connectivity index (χ4v) is 7.38. The predicted molar refractivity (Wildman–Crippen MR) is 261 cm³/mol. The van der Waals surface area contributed by atoms with Crippen LogP contribution in [0.25, 0.3) is 0 Å². The summed E-state index contributed by atoms with van der Waals surface area (Å²) in [5.74, 6) is -0.938. The minimum absolute atomic E-state index is 0.0911. The molecule has 0 amide bonds. The van der Waals surface area contributed by atoms with Crippen LogP contribution in [0, 0.1) is 0 Å². The molecule has 0 fully saturated rings. The lowest BCUT2D eigenvalue weighted by Crippen LogP contribution is -2.30. The maximum Gasteiger partial charge on any atom is 0.306 e. The third kappa shape index (κ3) is 48.3. The highest BCUT2D eigenvalue weighted by Crippen LogP contribution is 2.15. The molecule has 0 saturated carbocycles. The van der Waals surface area contributed by atoms with Gasteiger partial charge in [-0.15, -0.1) is 0 Å². The van der Waals surface area contributed by atoms with E-state index in [1.54, 1.807) is 0 Å². The fraction of sp³-hybridized carbons (Fsp3) is 0.800. The van der Waals surface area contributed by atoms with E-state index >= 15 is 0 Å². The summed E-state index contributed by atoms with van der Waals surface area (Å²) in [5.41, 5.74) is 0. The van der Waals surface area contributed by atoms with Crippen molar-refractivity contribution in [1.29, 1.82) is 0 Å². The largest absolute Gasteiger partial charge is 0.462 e. The second-order valence-corrected chi connectivity index (χ2v) is 17.4. The fourth-order valence-electron chi connectivity index (χ4n) is 7.38. The van der Waals surface area contributed by atoms with Crippen molar-refractivity contribution in [3.8, 4) is 0 Å². The number of ether oxygens (including phenoxy) is 3. The lowest BCUT2D eigenvalue weighted by molar-refractivity contribution is -0.167. The van der Waals surface area contributed by atoms with E-state index in [-0.39, 0.29) is 37.5 Å². The number of allylic oxidation sites excluding steroid dienone is 8. The van der Waals surface area contributed by atoms with Crippen LogP contribution in [0.3, 0.4) is 0 Å². The Bertz CT molecular complexity index is 1030. The van der Waals surface area contributed by atoms with Gasteiger partial charge in [-0.05, 0) is 57.8 Å².